The fraction of sp³-hybridized carbons (Fsp3) is 0.0500. The maximum atomic E-state index is 8.96. The Kier molecular flexibility index (Phi) is 2.91. The average Bonchev–Trinajstić information content (AvgIpc) is 2.97. The van der Waals surface area contributed by atoms with Crippen LogP contribution in [0.3, 0.4) is 0 Å². The van der Waals surface area contributed by atoms with Crippen molar-refractivity contribution in [2.24, 2.45) is 0 Å². The van der Waals surface area contributed by atoms with Crippen molar-refractivity contribution < 1.29 is 0 Å². The lowest BCUT2D eigenvalue weighted by atomic mass is 9.97. The minimum Gasteiger partial charge on any atom is -0.361 e. The lowest BCUT2D eigenvalue weighted by Gasteiger charge is -2.07. The molecule has 0 amide bonds. The van der Waals surface area contributed by atoms with Gasteiger partial charge in [0, 0.05) is 17.1 Å². The van der Waals surface area contributed by atoms with Crippen LogP contribution in [0.25, 0.3) is 32.8 Å². The molecule has 0 bridgehead atoms. The topological polar surface area (TPSA) is 39.6 Å². The summed E-state index contributed by atoms with van der Waals surface area (Å²) in [5.41, 5.74) is 4.54. The molecule has 0 saturated carbocycles. The highest BCUT2D eigenvalue weighted by Gasteiger charge is 2.07. The molecule has 2 heteroatoms. The fourth-order valence-corrected chi connectivity index (χ4v) is 3.05. The van der Waals surface area contributed by atoms with E-state index in [9.17, 15) is 0 Å². The molecule has 0 fully saturated rings. The van der Waals surface area contributed by atoms with Gasteiger partial charge in [-0.3, -0.25) is 0 Å². The molecule has 0 spiro atoms. The monoisotopic (exact) mass is 282 g/mol. The summed E-state index contributed by atoms with van der Waals surface area (Å²) in [4.78, 5) is 3.24. The van der Waals surface area contributed by atoms with E-state index >= 15 is 0 Å². The van der Waals surface area contributed by atoms with E-state index in [0.717, 1.165) is 16.5 Å². The first kappa shape index (κ1) is 12.7. The van der Waals surface area contributed by atoms with E-state index in [1.54, 1.807) is 0 Å². The summed E-state index contributed by atoms with van der Waals surface area (Å²) < 4.78 is 0. The lowest BCUT2D eigenvalue weighted by Crippen LogP contribution is -1.83. The Morgan fingerprint density at radius 1 is 0.909 bits per heavy atom. The molecule has 0 unspecified atom stereocenters. The van der Waals surface area contributed by atoms with Crippen LogP contribution in [-0.2, 0) is 6.42 Å². The third-order valence-corrected chi connectivity index (χ3v) is 4.14. The Morgan fingerprint density at radius 2 is 1.77 bits per heavy atom. The number of benzene rings is 3. The first-order valence-corrected chi connectivity index (χ1v) is 7.32. The van der Waals surface area contributed by atoms with Gasteiger partial charge in [-0.2, -0.15) is 5.26 Å². The van der Waals surface area contributed by atoms with Crippen molar-refractivity contribution in [3.8, 4) is 17.2 Å². The maximum Gasteiger partial charge on any atom is 0.0670 e. The number of nitriles is 1. The van der Waals surface area contributed by atoms with E-state index in [0.29, 0.717) is 6.42 Å². The SMILES string of the molecule is N#CCc1c[nH]c2ccc(-c3cccc4ccccc34)cc12. The van der Waals surface area contributed by atoms with Crippen LogP contribution in [0.1, 0.15) is 5.56 Å². The van der Waals surface area contributed by atoms with Crippen LogP contribution >= 0.6 is 0 Å². The van der Waals surface area contributed by atoms with Crippen molar-refractivity contribution in [3.05, 3.63) is 72.4 Å². The lowest BCUT2D eigenvalue weighted by molar-refractivity contribution is 1.28. The molecule has 2 nitrogen and oxygen atoms in total. The standard InChI is InChI=1S/C20H14N2/c21-11-10-16-13-22-20-9-8-15(12-19(16)20)18-7-3-5-14-4-1-2-6-17(14)18/h1-9,12-13,22H,10H2. The highest BCUT2D eigenvalue weighted by Crippen LogP contribution is 2.31. The van der Waals surface area contributed by atoms with Crippen LogP contribution in [0.5, 0.6) is 0 Å². The maximum absolute atomic E-state index is 8.96. The van der Waals surface area contributed by atoms with Gasteiger partial charge in [0.05, 0.1) is 12.5 Å². The van der Waals surface area contributed by atoms with Crippen molar-refractivity contribution in [3.63, 3.8) is 0 Å². The quantitative estimate of drug-likeness (QED) is 0.548. The zero-order valence-corrected chi connectivity index (χ0v) is 12.0. The number of H-pyrrole nitrogens is 1. The number of aromatic nitrogens is 1. The van der Waals surface area contributed by atoms with Gasteiger partial charge in [0.2, 0.25) is 0 Å². The predicted octanol–water partition coefficient (Wildman–Crippen LogP) is 5.05. The molecule has 0 saturated heterocycles. The smallest absolute Gasteiger partial charge is 0.0670 e. The van der Waals surface area contributed by atoms with Crippen molar-refractivity contribution in [1.82, 2.24) is 4.98 Å². The average molecular weight is 282 g/mol. The van der Waals surface area contributed by atoms with Crippen LogP contribution in [0.15, 0.2) is 66.9 Å². The van der Waals surface area contributed by atoms with Gasteiger partial charge in [-0.25, -0.2) is 0 Å². The largest absolute Gasteiger partial charge is 0.361 e. The second-order valence-corrected chi connectivity index (χ2v) is 5.44. The minimum absolute atomic E-state index is 0.430. The van der Waals surface area contributed by atoms with Crippen molar-refractivity contribution in [1.29, 1.82) is 5.26 Å². The third kappa shape index (κ3) is 1.96. The molecule has 3 aromatic carbocycles. The number of hydrogen-bond donors (Lipinski definition) is 1. The molecule has 4 aromatic rings. The van der Waals surface area contributed by atoms with Gasteiger partial charge in [-0.1, -0.05) is 48.5 Å². The van der Waals surface area contributed by atoms with E-state index in [4.69, 9.17) is 5.26 Å². The molecule has 4 rings (SSSR count). The molecule has 22 heavy (non-hydrogen) atoms. The summed E-state index contributed by atoms with van der Waals surface area (Å²) in [5.74, 6) is 0. The second kappa shape index (κ2) is 5.05. The Hall–Kier alpha value is -3.05. The van der Waals surface area contributed by atoms with Gasteiger partial charge in [0.25, 0.3) is 0 Å². The molecule has 1 aromatic heterocycles. The summed E-state index contributed by atoms with van der Waals surface area (Å²) in [6, 6.07) is 23.4. The highest BCUT2D eigenvalue weighted by atomic mass is 14.7. The predicted molar refractivity (Wildman–Crippen MR) is 90.6 cm³/mol. The van der Waals surface area contributed by atoms with E-state index < -0.39 is 0 Å². The number of aromatic amines is 1. The van der Waals surface area contributed by atoms with Gasteiger partial charge in [-0.15, -0.1) is 0 Å². The minimum atomic E-state index is 0.430. The Balaban J connectivity index is 1.96. The Labute approximate surface area is 128 Å². The number of fused-ring (bicyclic) bond motifs is 2. The van der Waals surface area contributed by atoms with Gasteiger partial charge >= 0.3 is 0 Å². The second-order valence-electron chi connectivity index (χ2n) is 5.44. The van der Waals surface area contributed by atoms with Crippen molar-refractivity contribution >= 4 is 21.7 Å². The summed E-state index contributed by atoms with van der Waals surface area (Å²) in [5, 5.41) is 12.6. The highest BCUT2D eigenvalue weighted by molar-refractivity contribution is 5.99. The Bertz CT molecular complexity index is 1010. The number of hydrogen-bond acceptors (Lipinski definition) is 1. The molecule has 0 aliphatic carbocycles. The first-order valence-electron chi connectivity index (χ1n) is 7.32. The van der Waals surface area contributed by atoms with Crippen LogP contribution in [0.4, 0.5) is 0 Å². The van der Waals surface area contributed by atoms with Crippen molar-refractivity contribution in [2.45, 2.75) is 6.42 Å². The van der Waals surface area contributed by atoms with Gasteiger partial charge in [0.15, 0.2) is 0 Å². The molecular formula is C20H14N2. The molecule has 0 radical (unpaired) electrons. The normalized spacial score (nSPS) is 10.9. The molecular weight excluding hydrogens is 268 g/mol. The van der Waals surface area contributed by atoms with Gasteiger partial charge < -0.3 is 4.98 Å². The number of nitrogens with one attached hydrogen (secondary N) is 1. The van der Waals surface area contributed by atoms with Crippen LogP contribution < -0.4 is 0 Å². The molecule has 0 aliphatic heterocycles. The fourth-order valence-electron chi connectivity index (χ4n) is 3.05. The van der Waals surface area contributed by atoms with Crippen molar-refractivity contribution in [2.75, 3.05) is 0 Å². The molecule has 1 N–H and O–H groups in total. The van der Waals surface area contributed by atoms with E-state index in [1.165, 1.54) is 21.9 Å². The van der Waals surface area contributed by atoms with Crippen LogP contribution in [0, 0.1) is 11.3 Å². The molecule has 0 atom stereocenters. The molecule has 0 aliphatic rings. The summed E-state index contributed by atoms with van der Waals surface area (Å²) in [6.45, 7) is 0. The van der Waals surface area contributed by atoms with Crippen LogP contribution in [0.2, 0.25) is 0 Å². The number of rotatable bonds is 2. The van der Waals surface area contributed by atoms with Gasteiger partial charge in [0.1, 0.15) is 0 Å². The van der Waals surface area contributed by atoms with Gasteiger partial charge in [-0.05, 0) is 39.6 Å². The Morgan fingerprint density at radius 3 is 2.68 bits per heavy atom. The van der Waals surface area contributed by atoms with E-state index in [2.05, 4.69) is 71.7 Å². The first-order chi connectivity index (χ1) is 10.9. The van der Waals surface area contributed by atoms with E-state index in [1.807, 2.05) is 6.20 Å². The molecule has 1 heterocycles. The summed E-state index contributed by atoms with van der Waals surface area (Å²) in [7, 11) is 0. The van der Waals surface area contributed by atoms with E-state index in [-0.39, 0.29) is 0 Å². The molecule has 104 valence electrons. The third-order valence-electron chi connectivity index (χ3n) is 4.14. The number of nitrogens with zero attached hydrogens (tertiary/aromatic N) is 1. The zero-order chi connectivity index (χ0) is 14.9. The summed E-state index contributed by atoms with van der Waals surface area (Å²) in [6.07, 6.45) is 2.36. The summed E-state index contributed by atoms with van der Waals surface area (Å²) >= 11 is 0. The van der Waals surface area contributed by atoms with Crippen LogP contribution in [-0.4, -0.2) is 4.98 Å². The zero-order valence-electron chi connectivity index (χ0n) is 12.0.